The SMILES string of the molecule is O=C(NCCCn1ccnc1)[C@H]1CC=CC[C@H]1C(=O)O. The van der Waals surface area contributed by atoms with Crippen LogP contribution in [0.4, 0.5) is 0 Å². The largest absolute Gasteiger partial charge is 0.481 e. The second kappa shape index (κ2) is 6.88. The maximum atomic E-state index is 12.0. The number of aliphatic carboxylic acids is 1. The fourth-order valence-corrected chi connectivity index (χ4v) is 2.40. The number of hydrogen-bond donors (Lipinski definition) is 2. The highest BCUT2D eigenvalue weighted by atomic mass is 16.4. The zero-order valence-corrected chi connectivity index (χ0v) is 11.2. The molecule has 0 radical (unpaired) electrons. The third-order valence-corrected chi connectivity index (χ3v) is 3.54. The van der Waals surface area contributed by atoms with E-state index in [9.17, 15) is 9.59 Å². The van der Waals surface area contributed by atoms with Crippen LogP contribution in [-0.2, 0) is 16.1 Å². The minimum Gasteiger partial charge on any atom is -0.481 e. The number of allylic oxidation sites excluding steroid dienone is 2. The topological polar surface area (TPSA) is 84.2 Å². The molecule has 6 heteroatoms. The molecule has 20 heavy (non-hydrogen) atoms. The van der Waals surface area contributed by atoms with Crippen molar-refractivity contribution >= 4 is 11.9 Å². The van der Waals surface area contributed by atoms with Gasteiger partial charge in [0.05, 0.1) is 18.2 Å². The predicted octanol–water partition coefficient (Wildman–Crippen LogP) is 1.06. The first kappa shape index (κ1) is 14.3. The van der Waals surface area contributed by atoms with E-state index in [1.54, 1.807) is 12.5 Å². The summed E-state index contributed by atoms with van der Waals surface area (Å²) >= 11 is 0. The molecule has 2 N–H and O–H groups in total. The average Bonchev–Trinajstić information content (AvgIpc) is 2.96. The molecule has 1 heterocycles. The molecule has 1 aromatic heterocycles. The second-order valence-corrected chi connectivity index (χ2v) is 4.94. The Balaban J connectivity index is 1.76. The van der Waals surface area contributed by atoms with E-state index in [4.69, 9.17) is 5.11 Å². The van der Waals surface area contributed by atoms with Crippen molar-refractivity contribution < 1.29 is 14.7 Å². The van der Waals surface area contributed by atoms with E-state index >= 15 is 0 Å². The number of carbonyl (C=O) groups is 2. The molecule has 108 valence electrons. The quantitative estimate of drug-likeness (QED) is 0.601. The number of nitrogens with zero attached hydrogens (tertiary/aromatic N) is 2. The summed E-state index contributed by atoms with van der Waals surface area (Å²) < 4.78 is 1.94. The van der Waals surface area contributed by atoms with Gasteiger partial charge in [-0.05, 0) is 19.3 Å². The number of aromatic nitrogens is 2. The molecule has 2 rings (SSSR count). The molecule has 0 spiro atoms. The van der Waals surface area contributed by atoms with E-state index in [2.05, 4.69) is 10.3 Å². The molecule has 0 unspecified atom stereocenters. The third kappa shape index (κ3) is 3.69. The van der Waals surface area contributed by atoms with Gasteiger partial charge in [0.2, 0.25) is 5.91 Å². The lowest BCUT2D eigenvalue weighted by Gasteiger charge is -2.24. The van der Waals surface area contributed by atoms with Gasteiger partial charge in [0, 0.05) is 25.5 Å². The van der Waals surface area contributed by atoms with Crippen LogP contribution >= 0.6 is 0 Å². The van der Waals surface area contributed by atoms with Crippen molar-refractivity contribution in [3.8, 4) is 0 Å². The molecule has 1 aromatic rings. The number of aryl methyl sites for hydroxylation is 1. The van der Waals surface area contributed by atoms with E-state index < -0.39 is 17.8 Å². The summed E-state index contributed by atoms with van der Waals surface area (Å²) in [5.74, 6) is -2.11. The van der Waals surface area contributed by atoms with E-state index in [1.807, 2.05) is 22.9 Å². The Morgan fingerprint density at radius 2 is 2.05 bits per heavy atom. The van der Waals surface area contributed by atoms with Crippen LogP contribution < -0.4 is 5.32 Å². The number of hydrogen-bond acceptors (Lipinski definition) is 3. The first-order chi connectivity index (χ1) is 9.68. The summed E-state index contributed by atoms with van der Waals surface area (Å²) in [6.07, 6.45) is 10.8. The van der Waals surface area contributed by atoms with Gasteiger partial charge in [-0.25, -0.2) is 4.98 Å². The Bertz CT molecular complexity index is 482. The molecule has 0 aromatic carbocycles. The van der Waals surface area contributed by atoms with E-state index in [0.29, 0.717) is 19.4 Å². The fourth-order valence-electron chi connectivity index (χ4n) is 2.40. The standard InChI is InChI=1S/C14H19N3O3/c18-13(11-4-1-2-5-12(11)14(19)20)16-6-3-8-17-9-7-15-10-17/h1-2,7,9-12H,3-6,8H2,(H,16,18)(H,19,20)/t11-,12+/m0/s1. The van der Waals surface area contributed by atoms with Crippen molar-refractivity contribution in [3.05, 3.63) is 30.9 Å². The van der Waals surface area contributed by atoms with Crippen LogP contribution in [0, 0.1) is 11.8 Å². The van der Waals surface area contributed by atoms with Crippen molar-refractivity contribution in [3.63, 3.8) is 0 Å². The average molecular weight is 277 g/mol. The number of amides is 1. The maximum Gasteiger partial charge on any atom is 0.307 e. The number of imidazole rings is 1. The summed E-state index contributed by atoms with van der Waals surface area (Å²) in [5.41, 5.74) is 0. The summed E-state index contributed by atoms with van der Waals surface area (Å²) in [7, 11) is 0. The number of rotatable bonds is 6. The molecule has 0 saturated carbocycles. The Morgan fingerprint density at radius 3 is 2.70 bits per heavy atom. The molecule has 6 nitrogen and oxygen atoms in total. The Hall–Kier alpha value is -2.11. The van der Waals surface area contributed by atoms with Gasteiger partial charge in [0.25, 0.3) is 0 Å². The first-order valence-electron chi connectivity index (χ1n) is 6.79. The minimum absolute atomic E-state index is 0.160. The predicted molar refractivity (Wildman–Crippen MR) is 72.8 cm³/mol. The fraction of sp³-hybridized carbons (Fsp3) is 0.500. The molecule has 0 fully saturated rings. The van der Waals surface area contributed by atoms with Gasteiger partial charge in [-0.2, -0.15) is 0 Å². The van der Waals surface area contributed by atoms with Crippen molar-refractivity contribution in [1.29, 1.82) is 0 Å². The highest BCUT2D eigenvalue weighted by Gasteiger charge is 2.33. The molecule has 0 aliphatic heterocycles. The van der Waals surface area contributed by atoms with Crippen LogP contribution in [-0.4, -0.2) is 33.1 Å². The summed E-state index contributed by atoms with van der Waals surface area (Å²) in [6.45, 7) is 1.33. The van der Waals surface area contributed by atoms with Crippen molar-refractivity contribution in [1.82, 2.24) is 14.9 Å². The lowest BCUT2D eigenvalue weighted by molar-refractivity contribution is -0.147. The third-order valence-electron chi connectivity index (χ3n) is 3.54. The normalized spacial score (nSPS) is 21.6. The molecular formula is C14H19N3O3. The second-order valence-electron chi connectivity index (χ2n) is 4.94. The highest BCUT2D eigenvalue weighted by Crippen LogP contribution is 2.25. The smallest absolute Gasteiger partial charge is 0.307 e. The van der Waals surface area contributed by atoms with Crippen LogP contribution in [0.1, 0.15) is 19.3 Å². The van der Waals surface area contributed by atoms with Gasteiger partial charge < -0.3 is 15.0 Å². The van der Waals surface area contributed by atoms with Crippen LogP contribution in [0.2, 0.25) is 0 Å². The molecule has 1 amide bonds. The van der Waals surface area contributed by atoms with Crippen molar-refractivity contribution in [2.75, 3.05) is 6.54 Å². The zero-order chi connectivity index (χ0) is 14.4. The van der Waals surface area contributed by atoms with Gasteiger partial charge in [-0.15, -0.1) is 0 Å². The van der Waals surface area contributed by atoms with Crippen LogP contribution in [0.25, 0.3) is 0 Å². The van der Waals surface area contributed by atoms with Crippen LogP contribution in [0.5, 0.6) is 0 Å². The van der Waals surface area contributed by atoms with E-state index in [-0.39, 0.29) is 5.91 Å². The van der Waals surface area contributed by atoms with E-state index in [1.165, 1.54) is 0 Å². The van der Waals surface area contributed by atoms with Gasteiger partial charge in [-0.1, -0.05) is 12.2 Å². The number of carbonyl (C=O) groups excluding carboxylic acids is 1. The van der Waals surface area contributed by atoms with Crippen molar-refractivity contribution in [2.45, 2.75) is 25.8 Å². The molecule has 0 bridgehead atoms. The summed E-state index contributed by atoms with van der Waals surface area (Å²) in [6, 6.07) is 0. The monoisotopic (exact) mass is 277 g/mol. The zero-order valence-electron chi connectivity index (χ0n) is 11.2. The minimum atomic E-state index is -0.895. The van der Waals surface area contributed by atoms with Crippen molar-refractivity contribution in [2.24, 2.45) is 11.8 Å². The number of nitrogens with one attached hydrogen (secondary N) is 1. The van der Waals surface area contributed by atoms with E-state index in [0.717, 1.165) is 13.0 Å². The molecule has 2 atom stereocenters. The molecular weight excluding hydrogens is 258 g/mol. The van der Waals surface area contributed by atoms with Gasteiger partial charge in [-0.3, -0.25) is 9.59 Å². The Kier molecular flexibility index (Phi) is 4.92. The number of carboxylic acids is 1. The lowest BCUT2D eigenvalue weighted by atomic mass is 9.82. The van der Waals surface area contributed by atoms with Gasteiger partial charge in [0.1, 0.15) is 0 Å². The summed E-state index contributed by atoms with van der Waals surface area (Å²) in [4.78, 5) is 27.1. The summed E-state index contributed by atoms with van der Waals surface area (Å²) in [5, 5.41) is 12.0. The molecule has 1 aliphatic carbocycles. The maximum absolute atomic E-state index is 12.0. The Labute approximate surface area is 117 Å². The van der Waals surface area contributed by atoms with Crippen LogP contribution in [0.3, 0.4) is 0 Å². The molecule has 0 saturated heterocycles. The Morgan fingerprint density at radius 1 is 1.30 bits per heavy atom. The molecule has 1 aliphatic rings. The lowest BCUT2D eigenvalue weighted by Crippen LogP contribution is -2.39. The highest BCUT2D eigenvalue weighted by molar-refractivity contribution is 5.85. The van der Waals surface area contributed by atoms with Gasteiger partial charge >= 0.3 is 5.97 Å². The van der Waals surface area contributed by atoms with Gasteiger partial charge in [0.15, 0.2) is 0 Å². The van der Waals surface area contributed by atoms with Crippen LogP contribution in [0.15, 0.2) is 30.9 Å². The number of carboxylic acid groups (broad SMARTS) is 1. The first-order valence-corrected chi connectivity index (χ1v) is 6.79.